The summed E-state index contributed by atoms with van der Waals surface area (Å²) in [5, 5.41) is 10.6. The van der Waals surface area contributed by atoms with Crippen molar-refractivity contribution in [2.24, 2.45) is 10.2 Å². The Balaban J connectivity index is 1.79. The van der Waals surface area contributed by atoms with Crippen molar-refractivity contribution in [1.29, 1.82) is 0 Å². The van der Waals surface area contributed by atoms with Gasteiger partial charge in [0.05, 0.1) is 17.1 Å². The fourth-order valence-corrected chi connectivity index (χ4v) is 2.57. The van der Waals surface area contributed by atoms with Gasteiger partial charge in [-0.25, -0.2) is 4.39 Å². The lowest BCUT2D eigenvalue weighted by Crippen LogP contribution is -2.16. The van der Waals surface area contributed by atoms with E-state index in [1.54, 1.807) is 7.05 Å². The van der Waals surface area contributed by atoms with E-state index in [0.29, 0.717) is 5.56 Å². The summed E-state index contributed by atoms with van der Waals surface area (Å²) in [6.45, 7) is 0.0443. The molecule has 0 aliphatic carbocycles. The first kappa shape index (κ1) is 21.4. The van der Waals surface area contributed by atoms with Crippen molar-refractivity contribution in [3.8, 4) is 17.1 Å². The van der Waals surface area contributed by atoms with Crippen LogP contribution in [-0.4, -0.2) is 28.4 Å². The van der Waals surface area contributed by atoms with Gasteiger partial charge in [-0.05, 0) is 29.8 Å². The van der Waals surface area contributed by atoms with Crippen molar-refractivity contribution in [1.82, 2.24) is 15.0 Å². The molecule has 0 unspecified atom stereocenters. The summed E-state index contributed by atoms with van der Waals surface area (Å²) in [6, 6.07) is 9.33. The third-order valence-electron chi connectivity index (χ3n) is 3.60. The fraction of sp³-hybridized carbons (Fsp3) is 0.167. The van der Waals surface area contributed by atoms with Gasteiger partial charge in [0.1, 0.15) is 11.6 Å². The van der Waals surface area contributed by atoms with Crippen LogP contribution in [0.1, 0.15) is 5.56 Å². The number of anilines is 1. The summed E-state index contributed by atoms with van der Waals surface area (Å²) in [5.41, 5.74) is 0.573. The Kier molecular flexibility index (Phi) is 6.40. The summed E-state index contributed by atoms with van der Waals surface area (Å²) in [6.07, 6.45) is -4.76. The summed E-state index contributed by atoms with van der Waals surface area (Å²) < 4.78 is 54.5. The van der Waals surface area contributed by atoms with Crippen LogP contribution in [0.4, 0.5) is 29.5 Å². The molecule has 3 aromatic rings. The van der Waals surface area contributed by atoms with Crippen molar-refractivity contribution in [3.63, 3.8) is 0 Å². The number of nitrogens with one attached hydrogen (secondary N) is 1. The molecule has 7 nitrogen and oxygen atoms in total. The maximum atomic E-state index is 14.2. The van der Waals surface area contributed by atoms with Crippen LogP contribution >= 0.6 is 11.6 Å². The van der Waals surface area contributed by atoms with Crippen molar-refractivity contribution in [3.05, 3.63) is 58.9 Å². The van der Waals surface area contributed by atoms with Gasteiger partial charge in [-0.3, -0.25) is 0 Å². The predicted octanol–water partition coefficient (Wildman–Crippen LogP) is 5.56. The zero-order chi connectivity index (χ0) is 21.7. The number of hydrogen-bond acceptors (Lipinski definition) is 7. The van der Waals surface area contributed by atoms with E-state index in [-0.39, 0.29) is 40.6 Å². The van der Waals surface area contributed by atoms with Crippen molar-refractivity contribution in [2.75, 3.05) is 12.4 Å². The molecule has 12 heteroatoms. The predicted molar refractivity (Wildman–Crippen MR) is 101 cm³/mol. The molecule has 1 aromatic heterocycles. The van der Waals surface area contributed by atoms with Gasteiger partial charge in [0.15, 0.2) is 5.82 Å². The highest BCUT2D eigenvalue weighted by atomic mass is 35.5. The SMILES string of the molecule is CNc1nc(N=NCc2ccc(OC(F)(F)F)cc2)nc(-c2c(F)cccc2Cl)n1. The number of rotatable bonds is 6. The van der Waals surface area contributed by atoms with E-state index in [1.807, 2.05) is 0 Å². The Bertz CT molecular complexity index is 1040. The molecule has 1 heterocycles. The third kappa shape index (κ3) is 5.60. The average molecular weight is 441 g/mol. The third-order valence-corrected chi connectivity index (χ3v) is 3.92. The van der Waals surface area contributed by atoms with E-state index in [0.717, 1.165) is 0 Å². The molecule has 2 aromatic carbocycles. The number of halogens is 5. The van der Waals surface area contributed by atoms with E-state index in [9.17, 15) is 17.6 Å². The summed E-state index contributed by atoms with van der Waals surface area (Å²) >= 11 is 6.05. The van der Waals surface area contributed by atoms with E-state index in [2.05, 4.69) is 35.2 Å². The molecule has 0 atom stereocenters. The molecule has 156 valence electrons. The molecule has 0 radical (unpaired) electrons. The Morgan fingerprint density at radius 2 is 1.80 bits per heavy atom. The normalized spacial score (nSPS) is 11.7. The lowest BCUT2D eigenvalue weighted by molar-refractivity contribution is -0.274. The van der Waals surface area contributed by atoms with Crippen LogP contribution in [0.3, 0.4) is 0 Å². The Hall–Kier alpha value is -3.34. The van der Waals surface area contributed by atoms with Gasteiger partial charge in [0.25, 0.3) is 5.95 Å². The van der Waals surface area contributed by atoms with Crippen LogP contribution < -0.4 is 10.1 Å². The van der Waals surface area contributed by atoms with Gasteiger partial charge in [0.2, 0.25) is 5.95 Å². The van der Waals surface area contributed by atoms with Crippen LogP contribution in [0.25, 0.3) is 11.4 Å². The maximum absolute atomic E-state index is 14.2. The van der Waals surface area contributed by atoms with E-state index < -0.39 is 12.2 Å². The van der Waals surface area contributed by atoms with Crippen LogP contribution in [0.15, 0.2) is 52.7 Å². The quantitative estimate of drug-likeness (QED) is 0.401. The molecule has 0 saturated carbocycles. The van der Waals surface area contributed by atoms with Gasteiger partial charge < -0.3 is 10.1 Å². The average Bonchev–Trinajstić information content (AvgIpc) is 2.68. The summed E-state index contributed by atoms with van der Waals surface area (Å²) in [5.74, 6) is -0.951. The zero-order valence-corrected chi connectivity index (χ0v) is 16.0. The molecule has 0 saturated heterocycles. The number of nitrogens with zero attached hydrogens (tertiary/aromatic N) is 5. The fourth-order valence-electron chi connectivity index (χ4n) is 2.32. The number of ether oxygens (including phenoxy) is 1. The first-order chi connectivity index (χ1) is 14.2. The number of benzene rings is 2. The van der Waals surface area contributed by atoms with Crippen LogP contribution in [0, 0.1) is 5.82 Å². The standard InChI is InChI=1S/C18H13ClF4N6O/c1-24-16-26-15(14-12(19)3-2-4-13(14)20)27-17(28-16)29-25-9-10-5-7-11(8-6-10)30-18(21,22)23/h2-8H,9H2,1H3,(H,24,26,27,28). The number of aromatic nitrogens is 3. The van der Waals surface area contributed by atoms with Gasteiger partial charge in [-0.1, -0.05) is 29.8 Å². The monoisotopic (exact) mass is 440 g/mol. The van der Waals surface area contributed by atoms with E-state index >= 15 is 0 Å². The topological polar surface area (TPSA) is 84.7 Å². The molecule has 0 spiro atoms. The number of hydrogen-bond donors (Lipinski definition) is 1. The lowest BCUT2D eigenvalue weighted by Gasteiger charge is -2.08. The highest BCUT2D eigenvalue weighted by Crippen LogP contribution is 2.29. The summed E-state index contributed by atoms with van der Waals surface area (Å²) in [7, 11) is 1.56. The lowest BCUT2D eigenvalue weighted by atomic mass is 10.2. The van der Waals surface area contributed by atoms with Crippen molar-refractivity contribution < 1.29 is 22.3 Å². The Morgan fingerprint density at radius 1 is 1.07 bits per heavy atom. The molecule has 0 aliphatic rings. The Morgan fingerprint density at radius 3 is 2.43 bits per heavy atom. The van der Waals surface area contributed by atoms with Crippen LogP contribution in [0.2, 0.25) is 5.02 Å². The second-order valence-electron chi connectivity index (χ2n) is 5.72. The minimum absolute atomic E-state index is 0.00484. The van der Waals surface area contributed by atoms with Crippen molar-refractivity contribution in [2.45, 2.75) is 12.9 Å². The van der Waals surface area contributed by atoms with Crippen LogP contribution in [0.5, 0.6) is 5.75 Å². The minimum atomic E-state index is -4.76. The first-order valence-electron chi connectivity index (χ1n) is 8.35. The van der Waals surface area contributed by atoms with Crippen molar-refractivity contribution >= 4 is 23.5 Å². The van der Waals surface area contributed by atoms with Gasteiger partial charge in [-0.15, -0.1) is 18.3 Å². The molecule has 30 heavy (non-hydrogen) atoms. The second kappa shape index (κ2) is 8.99. The molecular formula is C18H13ClF4N6O. The minimum Gasteiger partial charge on any atom is -0.406 e. The van der Waals surface area contributed by atoms with Crippen LogP contribution in [-0.2, 0) is 6.54 Å². The molecule has 0 aliphatic heterocycles. The highest BCUT2D eigenvalue weighted by molar-refractivity contribution is 6.33. The largest absolute Gasteiger partial charge is 0.573 e. The van der Waals surface area contributed by atoms with Gasteiger partial charge >= 0.3 is 6.36 Å². The molecule has 0 fully saturated rings. The van der Waals surface area contributed by atoms with Gasteiger partial charge in [-0.2, -0.15) is 20.1 Å². The second-order valence-corrected chi connectivity index (χ2v) is 6.13. The van der Waals surface area contributed by atoms with E-state index in [4.69, 9.17) is 11.6 Å². The molecular weight excluding hydrogens is 428 g/mol. The number of azo groups is 1. The van der Waals surface area contributed by atoms with Gasteiger partial charge in [0, 0.05) is 7.05 Å². The smallest absolute Gasteiger partial charge is 0.406 e. The van der Waals surface area contributed by atoms with E-state index in [1.165, 1.54) is 42.5 Å². The zero-order valence-electron chi connectivity index (χ0n) is 15.3. The molecule has 1 N–H and O–H groups in total. The summed E-state index contributed by atoms with van der Waals surface area (Å²) in [4.78, 5) is 12.2. The number of alkyl halides is 3. The Labute approximate surface area is 172 Å². The highest BCUT2D eigenvalue weighted by Gasteiger charge is 2.30. The first-order valence-corrected chi connectivity index (χ1v) is 8.73. The maximum Gasteiger partial charge on any atom is 0.573 e. The molecule has 3 rings (SSSR count). The molecule has 0 amide bonds. The molecule has 0 bridgehead atoms.